The highest BCUT2D eigenvalue weighted by Gasteiger charge is 2.25. The number of methoxy groups -OCH3 is 1. The summed E-state index contributed by atoms with van der Waals surface area (Å²) in [6.45, 7) is 5.60. The summed E-state index contributed by atoms with van der Waals surface area (Å²) in [5.74, 6) is 0.992. The number of pyridine rings is 1. The molecule has 2 aromatic heterocycles. The fraction of sp³-hybridized carbons (Fsp3) is 0.222. The van der Waals surface area contributed by atoms with E-state index in [2.05, 4.69) is 19.4 Å². The van der Waals surface area contributed by atoms with E-state index in [0.717, 1.165) is 11.8 Å². The number of halogens is 1. The maximum atomic E-state index is 13.1. The van der Waals surface area contributed by atoms with Crippen molar-refractivity contribution in [1.29, 1.82) is 0 Å². The molecule has 2 aromatic carbocycles. The molecule has 0 bridgehead atoms. The largest absolute Gasteiger partial charge is 0.495 e. The zero-order chi connectivity index (χ0) is 28.2. The lowest BCUT2D eigenvalue weighted by Crippen LogP contribution is -2.26. The Hall–Kier alpha value is -4.09. The van der Waals surface area contributed by atoms with Gasteiger partial charge in [-0.15, -0.1) is 0 Å². The van der Waals surface area contributed by atoms with E-state index in [9.17, 15) is 13.2 Å². The maximum absolute atomic E-state index is 13.1. The minimum atomic E-state index is -3.98. The van der Waals surface area contributed by atoms with Crippen LogP contribution in [0, 0.1) is 0 Å². The standard InChI is InChI=1S/C27H27ClN4O6S/c1-5-27(33)32(26-10-9-20(16-29-26)39(34,35)31-25-11-12-37-30-25)23-15-22(28)21(14-24(23)36-4)18-7-6-8-19(13-18)38-17(2)3/h6-17H,5H2,1-4H3,(H,30,31). The van der Waals surface area contributed by atoms with Gasteiger partial charge in [0, 0.05) is 24.2 Å². The zero-order valence-corrected chi connectivity index (χ0v) is 23.3. The molecular formula is C27H27ClN4O6S. The molecule has 0 aliphatic heterocycles. The van der Waals surface area contributed by atoms with E-state index < -0.39 is 10.0 Å². The minimum Gasteiger partial charge on any atom is -0.495 e. The van der Waals surface area contributed by atoms with Gasteiger partial charge in [0.25, 0.3) is 10.0 Å². The number of carbonyl (C=O) groups is 1. The van der Waals surface area contributed by atoms with Crippen LogP contribution in [0.15, 0.2) is 76.5 Å². The van der Waals surface area contributed by atoms with Gasteiger partial charge in [-0.25, -0.2) is 13.4 Å². The first kappa shape index (κ1) is 27.9. The Kier molecular flexibility index (Phi) is 8.41. The molecule has 1 amide bonds. The van der Waals surface area contributed by atoms with E-state index in [0.29, 0.717) is 27.8 Å². The van der Waals surface area contributed by atoms with Gasteiger partial charge in [-0.3, -0.25) is 14.4 Å². The van der Waals surface area contributed by atoms with E-state index in [1.54, 1.807) is 19.1 Å². The molecular weight excluding hydrogens is 544 g/mol. The van der Waals surface area contributed by atoms with E-state index in [-0.39, 0.29) is 35.0 Å². The number of hydrogen-bond acceptors (Lipinski definition) is 8. The van der Waals surface area contributed by atoms with Gasteiger partial charge in [0.2, 0.25) is 5.91 Å². The number of aromatic nitrogens is 2. The second-order valence-corrected chi connectivity index (χ2v) is 10.7. The topological polar surface area (TPSA) is 124 Å². The molecule has 0 atom stereocenters. The number of ether oxygens (including phenoxy) is 2. The van der Waals surface area contributed by atoms with Crippen LogP contribution in [-0.4, -0.2) is 37.7 Å². The lowest BCUT2D eigenvalue weighted by atomic mass is 10.0. The van der Waals surface area contributed by atoms with Gasteiger partial charge in [0.1, 0.15) is 28.5 Å². The molecule has 12 heteroatoms. The third-order valence-electron chi connectivity index (χ3n) is 5.52. The predicted molar refractivity (Wildman–Crippen MR) is 148 cm³/mol. The van der Waals surface area contributed by atoms with Crippen molar-refractivity contribution in [1.82, 2.24) is 10.1 Å². The first-order valence-electron chi connectivity index (χ1n) is 12.0. The van der Waals surface area contributed by atoms with E-state index in [4.69, 9.17) is 21.1 Å². The summed E-state index contributed by atoms with van der Waals surface area (Å²) in [6.07, 6.45) is 2.55. The predicted octanol–water partition coefficient (Wildman–Crippen LogP) is 6.06. The highest BCUT2D eigenvalue weighted by molar-refractivity contribution is 7.92. The van der Waals surface area contributed by atoms with Crippen LogP contribution in [0.1, 0.15) is 27.2 Å². The van der Waals surface area contributed by atoms with E-state index >= 15 is 0 Å². The van der Waals surface area contributed by atoms with Crippen LogP contribution >= 0.6 is 11.6 Å². The highest BCUT2D eigenvalue weighted by Crippen LogP contribution is 2.42. The maximum Gasteiger partial charge on any atom is 0.264 e. The quantitative estimate of drug-likeness (QED) is 0.244. The molecule has 0 aliphatic carbocycles. The third kappa shape index (κ3) is 6.32. The molecule has 2 heterocycles. The van der Waals surface area contributed by atoms with Crippen molar-refractivity contribution in [3.8, 4) is 22.6 Å². The van der Waals surface area contributed by atoms with Crippen molar-refractivity contribution in [2.45, 2.75) is 38.2 Å². The Morgan fingerprint density at radius 3 is 2.56 bits per heavy atom. The minimum absolute atomic E-state index is 0.00761. The van der Waals surface area contributed by atoms with Gasteiger partial charge in [-0.2, -0.15) is 0 Å². The smallest absolute Gasteiger partial charge is 0.264 e. The first-order valence-corrected chi connectivity index (χ1v) is 13.9. The number of sulfonamides is 1. The molecule has 10 nitrogen and oxygen atoms in total. The number of anilines is 3. The summed E-state index contributed by atoms with van der Waals surface area (Å²) in [5, 5.41) is 3.92. The van der Waals surface area contributed by atoms with Crippen molar-refractivity contribution >= 4 is 44.9 Å². The zero-order valence-electron chi connectivity index (χ0n) is 21.7. The number of benzene rings is 2. The van der Waals surface area contributed by atoms with Crippen LogP contribution in [0.5, 0.6) is 11.5 Å². The molecule has 4 rings (SSSR count). The Bertz CT molecular complexity index is 1560. The number of carbonyl (C=O) groups excluding carboxylic acids is 1. The summed E-state index contributed by atoms with van der Waals surface area (Å²) in [7, 11) is -2.49. The van der Waals surface area contributed by atoms with Gasteiger partial charge in [-0.1, -0.05) is 35.8 Å². The number of nitrogens with one attached hydrogen (secondary N) is 1. The Labute approximate surface area is 231 Å². The number of amides is 1. The van der Waals surface area contributed by atoms with Crippen molar-refractivity contribution in [3.05, 3.63) is 72.1 Å². The van der Waals surface area contributed by atoms with Crippen LogP contribution in [0.4, 0.5) is 17.3 Å². The summed E-state index contributed by atoms with van der Waals surface area (Å²) in [5.41, 5.74) is 1.85. The van der Waals surface area contributed by atoms with Crippen molar-refractivity contribution in [2.24, 2.45) is 0 Å². The molecule has 0 unspecified atom stereocenters. The molecule has 0 spiro atoms. The third-order valence-corrected chi connectivity index (χ3v) is 7.17. The lowest BCUT2D eigenvalue weighted by molar-refractivity contribution is -0.117. The Balaban J connectivity index is 1.72. The molecule has 4 aromatic rings. The molecule has 0 fully saturated rings. The van der Waals surface area contributed by atoms with Gasteiger partial charge in [-0.05, 0) is 55.8 Å². The van der Waals surface area contributed by atoms with Gasteiger partial charge >= 0.3 is 0 Å². The fourth-order valence-corrected chi connectivity index (χ4v) is 4.98. The molecule has 0 saturated carbocycles. The lowest BCUT2D eigenvalue weighted by Gasteiger charge is -2.25. The number of rotatable bonds is 10. The van der Waals surface area contributed by atoms with E-state index in [1.165, 1.54) is 36.5 Å². The second kappa shape index (κ2) is 11.7. The van der Waals surface area contributed by atoms with Gasteiger partial charge in [0.15, 0.2) is 5.82 Å². The van der Waals surface area contributed by atoms with Crippen molar-refractivity contribution in [2.75, 3.05) is 16.7 Å². The second-order valence-electron chi connectivity index (χ2n) is 8.62. The molecule has 0 saturated heterocycles. The summed E-state index contributed by atoms with van der Waals surface area (Å²) in [6, 6.07) is 15.0. The SMILES string of the molecule is CCC(=O)N(c1ccc(S(=O)(=O)Nc2ccon2)cn1)c1cc(Cl)c(-c2cccc(OC(C)C)c2)cc1OC. The molecule has 1 N–H and O–H groups in total. The number of hydrogen-bond donors (Lipinski definition) is 1. The molecule has 204 valence electrons. The first-order chi connectivity index (χ1) is 18.6. The molecule has 39 heavy (non-hydrogen) atoms. The molecule has 0 aliphatic rings. The summed E-state index contributed by atoms with van der Waals surface area (Å²) >= 11 is 6.73. The van der Waals surface area contributed by atoms with Crippen LogP contribution in [-0.2, 0) is 14.8 Å². The average molecular weight is 571 g/mol. The fourth-order valence-electron chi connectivity index (χ4n) is 3.78. The molecule has 0 radical (unpaired) electrons. The van der Waals surface area contributed by atoms with Crippen LogP contribution in [0.2, 0.25) is 5.02 Å². The Morgan fingerprint density at radius 2 is 1.95 bits per heavy atom. The highest BCUT2D eigenvalue weighted by atomic mass is 35.5. The van der Waals surface area contributed by atoms with E-state index in [1.807, 2.05) is 38.1 Å². The summed E-state index contributed by atoms with van der Waals surface area (Å²) < 4.78 is 43.8. The van der Waals surface area contributed by atoms with Crippen LogP contribution in [0.3, 0.4) is 0 Å². The summed E-state index contributed by atoms with van der Waals surface area (Å²) in [4.78, 5) is 18.6. The van der Waals surface area contributed by atoms with Gasteiger partial charge < -0.3 is 14.0 Å². The van der Waals surface area contributed by atoms with Crippen LogP contribution < -0.4 is 19.1 Å². The normalized spacial score (nSPS) is 11.3. The van der Waals surface area contributed by atoms with Crippen LogP contribution in [0.25, 0.3) is 11.1 Å². The number of nitrogens with zero attached hydrogens (tertiary/aromatic N) is 3. The average Bonchev–Trinajstić information content (AvgIpc) is 3.41. The van der Waals surface area contributed by atoms with Gasteiger partial charge in [0.05, 0.1) is 23.9 Å². The van der Waals surface area contributed by atoms with Crippen molar-refractivity contribution < 1.29 is 27.2 Å². The van der Waals surface area contributed by atoms with Crippen molar-refractivity contribution in [3.63, 3.8) is 0 Å². The monoisotopic (exact) mass is 570 g/mol. The Morgan fingerprint density at radius 1 is 1.15 bits per heavy atom.